The molecule has 3 aromatic rings. The maximum absolute atomic E-state index is 13.0. The van der Waals surface area contributed by atoms with Crippen LogP contribution in [0.3, 0.4) is 0 Å². The number of aromatic nitrogens is 5. The van der Waals surface area contributed by atoms with E-state index in [0.29, 0.717) is 22.6 Å². The SMILES string of the molecule is FC(F)(F)c1cn2c(-c3nccc(N4CCC5(CC4)COC5)n3)cnc2cn1. The molecule has 5 heterocycles. The molecule has 0 atom stereocenters. The van der Waals surface area contributed by atoms with Gasteiger partial charge in [0.05, 0.1) is 25.6 Å². The molecule has 1 spiro atoms. The number of ether oxygens (including phenoxy) is 1. The summed E-state index contributed by atoms with van der Waals surface area (Å²) in [4.78, 5) is 18.6. The third-order valence-corrected chi connectivity index (χ3v) is 5.52. The Morgan fingerprint density at radius 2 is 1.82 bits per heavy atom. The van der Waals surface area contributed by atoms with Crippen molar-refractivity contribution in [1.82, 2.24) is 24.3 Å². The van der Waals surface area contributed by atoms with Crippen molar-refractivity contribution < 1.29 is 17.9 Å². The number of fused-ring (bicyclic) bond motifs is 1. The molecular formula is C18H17F3N6O. The van der Waals surface area contributed by atoms with Crippen LogP contribution in [0.2, 0.25) is 0 Å². The van der Waals surface area contributed by atoms with Gasteiger partial charge in [-0.3, -0.25) is 4.40 Å². The topological polar surface area (TPSA) is 68.4 Å². The van der Waals surface area contributed by atoms with Gasteiger partial charge in [0.2, 0.25) is 0 Å². The van der Waals surface area contributed by atoms with Gasteiger partial charge in [0.15, 0.2) is 17.2 Å². The Kier molecular flexibility index (Phi) is 3.80. The number of anilines is 1. The van der Waals surface area contributed by atoms with E-state index in [9.17, 15) is 13.2 Å². The summed E-state index contributed by atoms with van der Waals surface area (Å²) in [5.41, 5.74) is 0.0293. The predicted molar refractivity (Wildman–Crippen MR) is 93.7 cm³/mol. The van der Waals surface area contributed by atoms with Crippen LogP contribution in [0.15, 0.2) is 30.9 Å². The molecular weight excluding hydrogens is 373 g/mol. The molecule has 0 aromatic carbocycles. The van der Waals surface area contributed by atoms with Crippen molar-refractivity contribution in [2.24, 2.45) is 5.41 Å². The van der Waals surface area contributed by atoms with Crippen molar-refractivity contribution in [2.45, 2.75) is 19.0 Å². The minimum absolute atomic E-state index is 0.307. The molecule has 0 saturated carbocycles. The van der Waals surface area contributed by atoms with E-state index in [1.165, 1.54) is 10.6 Å². The molecule has 10 heteroatoms. The zero-order chi connectivity index (χ0) is 19.4. The number of nitrogens with zero attached hydrogens (tertiary/aromatic N) is 6. The molecule has 0 N–H and O–H groups in total. The lowest BCUT2D eigenvalue weighted by Crippen LogP contribution is -2.51. The molecule has 3 aromatic heterocycles. The smallest absolute Gasteiger partial charge is 0.380 e. The van der Waals surface area contributed by atoms with Gasteiger partial charge in [0.25, 0.3) is 0 Å². The average Bonchev–Trinajstić information content (AvgIpc) is 3.09. The second-order valence-corrected chi connectivity index (χ2v) is 7.36. The second kappa shape index (κ2) is 6.13. The summed E-state index contributed by atoms with van der Waals surface area (Å²) < 4.78 is 45.7. The lowest BCUT2D eigenvalue weighted by Gasteiger charge is -2.47. The number of hydrogen-bond acceptors (Lipinski definition) is 6. The van der Waals surface area contributed by atoms with Crippen LogP contribution in [0.4, 0.5) is 19.0 Å². The fourth-order valence-electron chi connectivity index (χ4n) is 3.74. The van der Waals surface area contributed by atoms with E-state index in [0.717, 1.165) is 57.4 Å². The monoisotopic (exact) mass is 390 g/mol. The largest absolute Gasteiger partial charge is 0.434 e. The van der Waals surface area contributed by atoms with Crippen molar-refractivity contribution >= 4 is 11.5 Å². The Morgan fingerprint density at radius 1 is 1.04 bits per heavy atom. The number of hydrogen-bond donors (Lipinski definition) is 0. The summed E-state index contributed by atoms with van der Waals surface area (Å²) in [6.07, 6.45) is 2.67. The zero-order valence-electron chi connectivity index (χ0n) is 14.9. The van der Waals surface area contributed by atoms with Crippen LogP contribution < -0.4 is 4.90 Å². The van der Waals surface area contributed by atoms with Gasteiger partial charge in [-0.25, -0.2) is 19.9 Å². The number of rotatable bonds is 2. The maximum Gasteiger partial charge on any atom is 0.434 e. The van der Waals surface area contributed by atoms with E-state index in [-0.39, 0.29) is 0 Å². The molecule has 146 valence electrons. The summed E-state index contributed by atoms with van der Waals surface area (Å²) in [5, 5.41) is 0. The van der Waals surface area contributed by atoms with E-state index in [2.05, 4.69) is 24.8 Å². The van der Waals surface area contributed by atoms with Crippen molar-refractivity contribution in [1.29, 1.82) is 0 Å². The molecule has 2 aliphatic heterocycles. The van der Waals surface area contributed by atoms with Gasteiger partial charge in [-0.2, -0.15) is 13.2 Å². The molecule has 0 aliphatic carbocycles. The summed E-state index contributed by atoms with van der Waals surface area (Å²) in [7, 11) is 0. The van der Waals surface area contributed by atoms with E-state index in [1.54, 1.807) is 6.20 Å². The predicted octanol–water partition coefficient (Wildman–Crippen LogP) is 2.82. The summed E-state index contributed by atoms with van der Waals surface area (Å²) >= 11 is 0. The van der Waals surface area contributed by atoms with Crippen LogP contribution in [0.1, 0.15) is 18.5 Å². The summed E-state index contributed by atoms with van der Waals surface area (Å²) in [6, 6.07) is 1.82. The van der Waals surface area contributed by atoms with E-state index >= 15 is 0 Å². The van der Waals surface area contributed by atoms with Gasteiger partial charge in [-0.15, -0.1) is 0 Å². The second-order valence-electron chi connectivity index (χ2n) is 7.36. The molecule has 28 heavy (non-hydrogen) atoms. The van der Waals surface area contributed by atoms with Crippen LogP contribution in [0.5, 0.6) is 0 Å². The highest BCUT2D eigenvalue weighted by atomic mass is 19.4. The van der Waals surface area contributed by atoms with Gasteiger partial charge in [0.1, 0.15) is 11.5 Å². The molecule has 0 amide bonds. The number of alkyl halides is 3. The Balaban J connectivity index is 1.46. The highest BCUT2D eigenvalue weighted by Crippen LogP contribution is 2.39. The number of halogens is 3. The van der Waals surface area contributed by atoms with Crippen LogP contribution in [-0.2, 0) is 10.9 Å². The molecule has 2 fully saturated rings. The highest BCUT2D eigenvalue weighted by Gasteiger charge is 2.41. The van der Waals surface area contributed by atoms with Crippen LogP contribution >= 0.6 is 0 Å². The summed E-state index contributed by atoms with van der Waals surface area (Å²) in [5.74, 6) is 1.09. The molecule has 7 nitrogen and oxygen atoms in total. The minimum atomic E-state index is -4.53. The average molecular weight is 390 g/mol. The quantitative estimate of drug-likeness (QED) is 0.670. The molecule has 2 saturated heterocycles. The molecule has 2 aliphatic rings. The molecule has 0 bridgehead atoms. The van der Waals surface area contributed by atoms with Gasteiger partial charge in [0, 0.05) is 30.9 Å². The Labute approximate surface area is 158 Å². The minimum Gasteiger partial charge on any atom is -0.380 e. The Morgan fingerprint density at radius 3 is 2.50 bits per heavy atom. The first-order valence-corrected chi connectivity index (χ1v) is 9.00. The van der Waals surface area contributed by atoms with E-state index in [4.69, 9.17) is 4.74 Å². The van der Waals surface area contributed by atoms with Gasteiger partial charge in [-0.05, 0) is 18.9 Å². The van der Waals surface area contributed by atoms with E-state index < -0.39 is 11.9 Å². The van der Waals surface area contributed by atoms with Crippen LogP contribution in [-0.4, -0.2) is 50.6 Å². The third-order valence-electron chi connectivity index (χ3n) is 5.52. The number of imidazole rings is 1. The van der Waals surface area contributed by atoms with Gasteiger partial charge >= 0.3 is 6.18 Å². The first kappa shape index (κ1) is 17.4. The Hall–Kier alpha value is -2.75. The first-order valence-electron chi connectivity index (χ1n) is 9.00. The van der Waals surface area contributed by atoms with Crippen LogP contribution in [0, 0.1) is 5.41 Å². The third kappa shape index (κ3) is 2.88. The molecule has 0 radical (unpaired) electrons. The van der Waals surface area contributed by atoms with Crippen molar-refractivity contribution in [3.05, 3.63) is 36.5 Å². The van der Waals surface area contributed by atoms with Gasteiger partial charge in [-0.1, -0.05) is 0 Å². The maximum atomic E-state index is 13.0. The summed E-state index contributed by atoms with van der Waals surface area (Å²) in [6.45, 7) is 3.39. The van der Waals surface area contributed by atoms with Crippen molar-refractivity contribution in [3.8, 4) is 11.5 Å². The lowest BCUT2D eigenvalue weighted by molar-refractivity contribution is -0.141. The first-order chi connectivity index (χ1) is 13.4. The van der Waals surface area contributed by atoms with Crippen molar-refractivity contribution in [3.63, 3.8) is 0 Å². The highest BCUT2D eigenvalue weighted by molar-refractivity contribution is 5.58. The Bertz CT molecular complexity index is 1020. The standard InChI is InChI=1S/C18H17F3N6O/c19-18(20,21)13-9-27-12(7-24-15(27)8-23-13)16-22-4-1-14(25-16)26-5-2-17(3-6-26)10-28-11-17/h1,4,7-9H,2-3,5-6,10-11H2. The molecule has 5 rings (SSSR count). The van der Waals surface area contributed by atoms with E-state index in [1.807, 2.05) is 6.07 Å². The lowest BCUT2D eigenvalue weighted by atomic mass is 9.77. The zero-order valence-corrected chi connectivity index (χ0v) is 14.9. The molecule has 0 unspecified atom stereocenters. The fourth-order valence-corrected chi connectivity index (χ4v) is 3.74. The van der Waals surface area contributed by atoms with Crippen molar-refractivity contribution in [2.75, 3.05) is 31.2 Å². The van der Waals surface area contributed by atoms with Gasteiger partial charge < -0.3 is 9.64 Å². The normalized spacial score (nSPS) is 19.2. The van der Waals surface area contributed by atoms with Crippen LogP contribution in [0.25, 0.3) is 17.2 Å². The number of piperidine rings is 1. The fraction of sp³-hybridized carbons (Fsp3) is 0.444.